The van der Waals surface area contributed by atoms with Gasteiger partial charge in [-0.05, 0) is 7.05 Å². The van der Waals surface area contributed by atoms with Crippen molar-refractivity contribution in [1.82, 2.24) is 14.9 Å². The molecule has 0 unspecified atom stereocenters. The molecule has 110 valence electrons. The lowest BCUT2D eigenvalue weighted by Crippen LogP contribution is -2.15. The number of thiazole rings is 2. The van der Waals surface area contributed by atoms with Crippen LogP contribution in [0.15, 0.2) is 12.4 Å². The molecule has 0 spiro atoms. The van der Waals surface area contributed by atoms with Crippen LogP contribution in [0, 0.1) is 0 Å². The second kappa shape index (κ2) is 6.78. The third-order valence-corrected chi connectivity index (χ3v) is 5.55. The van der Waals surface area contributed by atoms with E-state index in [4.69, 9.17) is 0 Å². The molecule has 0 amide bonds. The quantitative estimate of drug-likeness (QED) is 0.788. The molecule has 0 fully saturated rings. The van der Waals surface area contributed by atoms with Crippen LogP contribution in [0.2, 0.25) is 0 Å². The highest BCUT2D eigenvalue weighted by Gasteiger charge is 2.10. The Morgan fingerprint density at radius 1 is 0.900 bits per heavy atom. The number of aromatic nitrogens is 2. The highest BCUT2D eigenvalue weighted by Crippen LogP contribution is 2.24. The third-order valence-electron chi connectivity index (χ3n) is 2.98. The number of nitrogens with zero attached hydrogens (tertiary/aromatic N) is 3. The van der Waals surface area contributed by atoms with E-state index in [9.17, 15) is 0 Å². The topological polar surface area (TPSA) is 29.0 Å². The molecule has 3 nitrogen and oxygen atoms in total. The van der Waals surface area contributed by atoms with Gasteiger partial charge in [0.1, 0.15) is 0 Å². The fourth-order valence-electron chi connectivity index (χ4n) is 1.91. The summed E-state index contributed by atoms with van der Waals surface area (Å²) in [7, 11) is 2.16. The van der Waals surface area contributed by atoms with Gasteiger partial charge in [0.2, 0.25) is 0 Å². The Labute approximate surface area is 129 Å². The SMILES string of the molecule is CC(C)c1ncc(CN(C)Cc2cnc(C(C)C)s2)s1. The maximum atomic E-state index is 4.49. The van der Waals surface area contributed by atoms with Crippen molar-refractivity contribution >= 4 is 22.7 Å². The molecule has 0 saturated heterocycles. The van der Waals surface area contributed by atoms with E-state index in [0.29, 0.717) is 11.8 Å². The minimum absolute atomic E-state index is 0.522. The minimum atomic E-state index is 0.522. The van der Waals surface area contributed by atoms with Crippen LogP contribution in [0.5, 0.6) is 0 Å². The Morgan fingerprint density at radius 2 is 1.30 bits per heavy atom. The van der Waals surface area contributed by atoms with Crippen molar-refractivity contribution in [2.24, 2.45) is 0 Å². The lowest BCUT2D eigenvalue weighted by Gasteiger charge is -2.13. The summed E-state index contributed by atoms with van der Waals surface area (Å²) in [4.78, 5) is 14.0. The average Bonchev–Trinajstić information content (AvgIpc) is 2.98. The lowest BCUT2D eigenvalue weighted by molar-refractivity contribution is 0.324. The van der Waals surface area contributed by atoms with Gasteiger partial charge in [-0.1, -0.05) is 27.7 Å². The van der Waals surface area contributed by atoms with Gasteiger partial charge in [0.25, 0.3) is 0 Å². The molecule has 0 radical (unpaired) electrons. The first-order valence-electron chi connectivity index (χ1n) is 7.03. The first kappa shape index (κ1) is 15.6. The molecule has 0 bridgehead atoms. The summed E-state index contributed by atoms with van der Waals surface area (Å²) >= 11 is 3.65. The highest BCUT2D eigenvalue weighted by molar-refractivity contribution is 7.12. The molecule has 0 atom stereocenters. The van der Waals surface area contributed by atoms with Gasteiger partial charge in [-0.25, -0.2) is 9.97 Å². The first-order valence-corrected chi connectivity index (χ1v) is 8.66. The van der Waals surface area contributed by atoms with Crippen molar-refractivity contribution in [1.29, 1.82) is 0 Å². The monoisotopic (exact) mass is 309 g/mol. The molecule has 2 rings (SSSR count). The molecule has 20 heavy (non-hydrogen) atoms. The van der Waals surface area contributed by atoms with E-state index in [0.717, 1.165) is 13.1 Å². The van der Waals surface area contributed by atoms with Crippen LogP contribution in [0.3, 0.4) is 0 Å². The second-order valence-corrected chi connectivity index (χ2v) is 8.10. The molecule has 2 heterocycles. The maximum absolute atomic E-state index is 4.49. The summed E-state index contributed by atoms with van der Waals surface area (Å²) < 4.78 is 0. The Hall–Kier alpha value is -0.780. The van der Waals surface area contributed by atoms with Gasteiger partial charge in [-0.3, -0.25) is 4.90 Å². The van der Waals surface area contributed by atoms with Crippen LogP contribution >= 0.6 is 22.7 Å². The largest absolute Gasteiger partial charge is 0.296 e. The highest BCUT2D eigenvalue weighted by atomic mass is 32.1. The van der Waals surface area contributed by atoms with Crippen LogP contribution < -0.4 is 0 Å². The van der Waals surface area contributed by atoms with Crippen molar-refractivity contribution in [2.45, 2.75) is 52.6 Å². The Kier molecular flexibility index (Phi) is 5.29. The van der Waals surface area contributed by atoms with Crippen LogP contribution in [-0.2, 0) is 13.1 Å². The number of rotatable bonds is 6. The van der Waals surface area contributed by atoms with E-state index in [1.165, 1.54) is 19.8 Å². The maximum Gasteiger partial charge on any atom is 0.0953 e. The van der Waals surface area contributed by atoms with Crippen molar-refractivity contribution in [3.05, 3.63) is 32.2 Å². The Balaban J connectivity index is 1.92. The molecule has 0 aliphatic carbocycles. The van der Waals surface area contributed by atoms with Gasteiger partial charge in [0.15, 0.2) is 0 Å². The van der Waals surface area contributed by atoms with Crippen molar-refractivity contribution in [3.63, 3.8) is 0 Å². The van der Waals surface area contributed by atoms with Gasteiger partial charge >= 0.3 is 0 Å². The molecule has 0 N–H and O–H groups in total. The smallest absolute Gasteiger partial charge is 0.0953 e. The van der Waals surface area contributed by atoms with Crippen molar-refractivity contribution in [3.8, 4) is 0 Å². The van der Waals surface area contributed by atoms with Crippen LogP contribution in [0.1, 0.15) is 59.3 Å². The standard InChI is InChI=1S/C15H23N3S2/c1-10(2)14-16-6-12(19-14)8-18(5)9-13-7-17-15(20-13)11(3)4/h6-7,10-11H,8-9H2,1-5H3. The van der Waals surface area contributed by atoms with Crippen LogP contribution in [0.4, 0.5) is 0 Å². The zero-order valence-electron chi connectivity index (χ0n) is 12.9. The van der Waals surface area contributed by atoms with E-state index in [1.807, 2.05) is 35.1 Å². The molecular formula is C15H23N3S2. The van der Waals surface area contributed by atoms with Gasteiger partial charge in [0, 0.05) is 47.1 Å². The fourth-order valence-corrected chi connectivity index (χ4v) is 3.91. The summed E-state index contributed by atoms with van der Waals surface area (Å²) in [5.74, 6) is 1.04. The molecule has 0 aromatic carbocycles. The average molecular weight is 310 g/mol. The van der Waals surface area contributed by atoms with E-state index in [1.54, 1.807) is 0 Å². The summed E-state index contributed by atoms with van der Waals surface area (Å²) in [6.07, 6.45) is 4.03. The fraction of sp³-hybridized carbons (Fsp3) is 0.600. The van der Waals surface area contributed by atoms with Gasteiger partial charge < -0.3 is 0 Å². The number of hydrogen-bond donors (Lipinski definition) is 0. The lowest BCUT2D eigenvalue weighted by atomic mass is 10.2. The van der Waals surface area contributed by atoms with Crippen molar-refractivity contribution < 1.29 is 0 Å². The van der Waals surface area contributed by atoms with Crippen LogP contribution in [0.25, 0.3) is 0 Å². The third kappa shape index (κ3) is 4.11. The molecule has 0 aliphatic heterocycles. The summed E-state index contributed by atoms with van der Waals surface area (Å²) in [6.45, 7) is 10.7. The molecule has 0 saturated carbocycles. The zero-order chi connectivity index (χ0) is 14.7. The first-order chi connectivity index (χ1) is 9.45. The predicted molar refractivity (Wildman–Crippen MR) is 87.6 cm³/mol. The minimum Gasteiger partial charge on any atom is -0.296 e. The molecule has 2 aromatic heterocycles. The van der Waals surface area contributed by atoms with E-state index >= 15 is 0 Å². The second-order valence-electron chi connectivity index (χ2n) is 5.81. The predicted octanol–water partition coefficient (Wildman–Crippen LogP) is 4.48. The summed E-state index contributed by atoms with van der Waals surface area (Å²) in [6, 6.07) is 0. The van der Waals surface area contributed by atoms with Gasteiger partial charge in [0.05, 0.1) is 10.0 Å². The Bertz CT molecular complexity index is 495. The normalized spacial score (nSPS) is 12.0. The summed E-state index contributed by atoms with van der Waals surface area (Å²) in [5, 5.41) is 2.46. The van der Waals surface area contributed by atoms with E-state index in [2.05, 4.69) is 49.6 Å². The molecule has 0 aliphatic rings. The van der Waals surface area contributed by atoms with E-state index < -0.39 is 0 Å². The summed E-state index contributed by atoms with van der Waals surface area (Å²) in [5.41, 5.74) is 0. The molecular weight excluding hydrogens is 286 g/mol. The number of hydrogen-bond acceptors (Lipinski definition) is 5. The zero-order valence-corrected chi connectivity index (χ0v) is 14.5. The molecule has 5 heteroatoms. The van der Waals surface area contributed by atoms with Gasteiger partial charge in [-0.15, -0.1) is 22.7 Å². The van der Waals surface area contributed by atoms with Crippen molar-refractivity contribution in [2.75, 3.05) is 7.05 Å². The van der Waals surface area contributed by atoms with Gasteiger partial charge in [-0.2, -0.15) is 0 Å². The van der Waals surface area contributed by atoms with E-state index in [-0.39, 0.29) is 0 Å². The van der Waals surface area contributed by atoms with Crippen LogP contribution in [-0.4, -0.2) is 21.9 Å². The molecule has 2 aromatic rings. The Morgan fingerprint density at radius 3 is 1.60 bits per heavy atom.